The van der Waals surface area contributed by atoms with E-state index in [2.05, 4.69) is 52.0 Å². The van der Waals surface area contributed by atoms with Crippen molar-refractivity contribution < 1.29 is 17.2 Å². The Bertz CT molecular complexity index is 1730. The molecule has 3 heterocycles. The van der Waals surface area contributed by atoms with Gasteiger partial charge in [0.2, 0.25) is 0 Å². The van der Waals surface area contributed by atoms with Crippen molar-refractivity contribution >= 4 is 48.5 Å². The Kier molecular flexibility index (Phi) is 7.94. The summed E-state index contributed by atoms with van der Waals surface area (Å²) in [5.74, 6) is -1.47. The van der Waals surface area contributed by atoms with E-state index in [1.807, 2.05) is 6.20 Å². The van der Waals surface area contributed by atoms with Gasteiger partial charge in [0.25, 0.3) is 10.0 Å². The number of hydrogen-bond acceptors (Lipinski definition) is 7. The number of nitrogens with two attached hydrogens (primary N) is 1. The summed E-state index contributed by atoms with van der Waals surface area (Å²) < 4.78 is 60.0. The molecule has 2 aliphatic rings. The highest BCUT2D eigenvalue weighted by molar-refractivity contribution is 9.10. The average molecular weight is 661 g/mol. The van der Waals surface area contributed by atoms with Crippen LogP contribution >= 0.6 is 15.9 Å². The molecule has 0 amide bonds. The zero-order valence-electron chi connectivity index (χ0n) is 23.1. The molecule has 2 fully saturated rings. The number of hydrogen-bond donors (Lipinski definition) is 2. The molecule has 2 aromatic heterocycles. The fraction of sp³-hybridized carbons (Fsp3) is 0.379. The summed E-state index contributed by atoms with van der Waals surface area (Å²) in [4.78, 5) is 13.1. The van der Waals surface area contributed by atoms with Crippen LogP contribution in [0.25, 0.3) is 22.2 Å². The minimum atomic E-state index is -4.36. The van der Waals surface area contributed by atoms with Gasteiger partial charge in [-0.3, -0.25) is 9.62 Å². The van der Waals surface area contributed by atoms with Crippen LogP contribution in [0, 0.1) is 11.6 Å². The summed E-state index contributed by atoms with van der Waals surface area (Å²) in [6.07, 6.45) is 7.55. The van der Waals surface area contributed by atoms with Crippen molar-refractivity contribution in [3.63, 3.8) is 0 Å². The van der Waals surface area contributed by atoms with Gasteiger partial charge in [0, 0.05) is 54.5 Å². The van der Waals surface area contributed by atoms with Crippen molar-refractivity contribution in [2.75, 3.05) is 43.7 Å². The van der Waals surface area contributed by atoms with Gasteiger partial charge in [0.1, 0.15) is 34.3 Å². The Morgan fingerprint density at radius 3 is 2.36 bits per heavy atom. The molecule has 0 bridgehead atoms. The topological polar surface area (TPSA) is 109 Å². The first-order chi connectivity index (χ1) is 20.1. The molecule has 222 valence electrons. The molecule has 0 spiro atoms. The number of halogens is 3. The van der Waals surface area contributed by atoms with Crippen LogP contribution in [0.1, 0.15) is 31.7 Å². The second-order valence-corrected chi connectivity index (χ2v) is 13.7. The van der Waals surface area contributed by atoms with Crippen molar-refractivity contribution in [3.8, 4) is 11.1 Å². The maximum Gasteiger partial charge on any atom is 0.264 e. The van der Waals surface area contributed by atoms with Crippen LogP contribution in [0.2, 0.25) is 0 Å². The molecule has 13 heteroatoms. The van der Waals surface area contributed by atoms with Crippen LogP contribution in [0.15, 0.2) is 58.3 Å². The van der Waals surface area contributed by atoms with Crippen molar-refractivity contribution in [3.05, 3.63) is 65.0 Å². The third-order valence-electron chi connectivity index (χ3n) is 8.46. The summed E-state index contributed by atoms with van der Waals surface area (Å²) in [6.45, 7) is 4.39. The third-order valence-corrected chi connectivity index (χ3v) is 10.4. The molecular formula is C29H32BrF2N7O2S. The zero-order chi connectivity index (χ0) is 29.6. The minimum Gasteiger partial charge on any atom is -0.383 e. The highest BCUT2D eigenvalue weighted by atomic mass is 79.9. The van der Waals surface area contributed by atoms with E-state index < -0.39 is 26.6 Å². The number of rotatable bonds is 6. The van der Waals surface area contributed by atoms with E-state index in [1.54, 1.807) is 6.07 Å². The number of likely N-dealkylation sites (N-methyl/N-ethyl adjacent to an activating group) is 1. The molecule has 0 unspecified atom stereocenters. The van der Waals surface area contributed by atoms with Gasteiger partial charge in [-0.25, -0.2) is 27.2 Å². The fourth-order valence-corrected chi connectivity index (χ4v) is 7.61. The normalized spacial score (nSPS) is 20.7. The summed E-state index contributed by atoms with van der Waals surface area (Å²) in [6, 6.07) is 8.52. The lowest BCUT2D eigenvalue weighted by Crippen LogP contribution is -2.49. The van der Waals surface area contributed by atoms with Gasteiger partial charge in [-0.2, -0.15) is 0 Å². The Morgan fingerprint density at radius 1 is 0.952 bits per heavy atom. The third kappa shape index (κ3) is 5.62. The maximum absolute atomic E-state index is 15.3. The lowest BCUT2D eigenvalue weighted by Gasteiger charge is -2.41. The number of sulfonamides is 1. The molecule has 4 aromatic rings. The number of aromatic nitrogens is 3. The van der Waals surface area contributed by atoms with E-state index in [0.717, 1.165) is 64.0 Å². The molecule has 1 aliphatic heterocycles. The average Bonchev–Trinajstić information content (AvgIpc) is 3.35. The zero-order valence-corrected chi connectivity index (χ0v) is 25.5. The first-order valence-corrected chi connectivity index (χ1v) is 16.2. The van der Waals surface area contributed by atoms with Gasteiger partial charge in [0.15, 0.2) is 0 Å². The lowest BCUT2D eigenvalue weighted by molar-refractivity contribution is 0.0828. The molecule has 0 radical (unpaired) electrons. The van der Waals surface area contributed by atoms with E-state index in [-0.39, 0.29) is 17.5 Å². The number of fused-ring (bicyclic) bond motifs is 1. The molecular weight excluding hydrogens is 628 g/mol. The highest BCUT2D eigenvalue weighted by Crippen LogP contribution is 2.39. The summed E-state index contributed by atoms with van der Waals surface area (Å²) in [7, 11) is -2.20. The van der Waals surface area contributed by atoms with Gasteiger partial charge in [-0.15, -0.1) is 0 Å². The summed E-state index contributed by atoms with van der Waals surface area (Å²) in [5.41, 5.74) is 7.87. The van der Waals surface area contributed by atoms with Crippen molar-refractivity contribution in [1.29, 1.82) is 0 Å². The molecule has 42 heavy (non-hydrogen) atoms. The lowest BCUT2D eigenvalue weighted by atomic mass is 9.89. The molecule has 0 atom stereocenters. The van der Waals surface area contributed by atoms with Crippen molar-refractivity contribution in [1.82, 2.24) is 24.3 Å². The smallest absolute Gasteiger partial charge is 0.264 e. The van der Waals surface area contributed by atoms with E-state index in [4.69, 9.17) is 5.73 Å². The molecule has 6 rings (SSSR count). The summed E-state index contributed by atoms with van der Waals surface area (Å²) in [5, 5.41) is 0.628. The number of piperazine rings is 1. The molecule has 3 N–H and O–H groups in total. The van der Waals surface area contributed by atoms with Crippen molar-refractivity contribution in [2.24, 2.45) is 0 Å². The van der Waals surface area contributed by atoms with E-state index in [1.165, 1.54) is 24.5 Å². The molecule has 1 saturated carbocycles. The minimum absolute atomic E-state index is 0.219. The second kappa shape index (κ2) is 11.5. The first kappa shape index (κ1) is 29.0. The second-order valence-electron chi connectivity index (χ2n) is 11.1. The number of nitrogens with one attached hydrogen (secondary N) is 1. The van der Waals surface area contributed by atoms with Gasteiger partial charge in [-0.05, 0) is 68.6 Å². The van der Waals surface area contributed by atoms with Crippen LogP contribution in [0.5, 0.6) is 0 Å². The first-order valence-electron chi connectivity index (χ1n) is 13.9. The molecule has 1 saturated heterocycles. The Labute approximate surface area is 251 Å². The van der Waals surface area contributed by atoms with Crippen LogP contribution in [0.3, 0.4) is 0 Å². The predicted octanol–water partition coefficient (Wildman–Crippen LogP) is 5.25. The molecule has 9 nitrogen and oxygen atoms in total. The predicted molar refractivity (Wildman–Crippen MR) is 163 cm³/mol. The molecule has 1 aliphatic carbocycles. The van der Waals surface area contributed by atoms with Gasteiger partial charge < -0.3 is 15.2 Å². The number of nitrogens with zero attached hydrogens (tertiary/aromatic N) is 5. The SMILES string of the molecule is CN1CCN(C2CCC(n3cc(-c4ccc(NS(=O)(=O)c5ccc(Br)cc5F)c(F)c4)c4c(N)ncnc43)CC2)CC1. The Balaban J connectivity index is 1.26. The Morgan fingerprint density at radius 2 is 1.67 bits per heavy atom. The monoisotopic (exact) mass is 659 g/mol. The largest absolute Gasteiger partial charge is 0.383 e. The van der Waals surface area contributed by atoms with E-state index in [9.17, 15) is 12.8 Å². The quantitative estimate of drug-likeness (QED) is 0.291. The maximum atomic E-state index is 15.3. The molecule has 2 aromatic carbocycles. The number of anilines is 2. The van der Waals surface area contributed by atoms with Gasteiger partial charge in [-0.1, -0.05) is 22.0 Å². The van der Waals surface area contributed by atoms with E-state index in [0.29, 0.717) is 32.7 Å². The van der Waals surface area contributed by atoms with Crippen molar-refractivity contribution in [2.45, 2.75) is 42.7 Å². The van der Waals surface area contributed by atoms with Crippen LogP contribution in [-0.4, -0.2) is 72.0 Å². The van der Waals surface area contributed by atoms with E-state index >= 15 is 4.39 Å². The highest BCUT2D eigenvalue weighted by Gasteiger charge is 2.30. The number of benzene rings is 2. The van der Waals surface area contributed by atoms with Gasteiger partial charge in [0.05, 0.1) is 11.1 Å². The standard InChI is InChI=1S/C29H32BrF2N7O2S/c1-37-10-12-38(13-11-37)20-4-6-21(7-5-20)39-16-22(27-28(33)34-17-35-29(27)39)18-2-8-25(23(31)14-18)36-42(40,41)26-9-3-19(30)15-24(26)32/h2-3,8-9,14-17,20-21,36H,4-7,10-13H2,1H3,(H2,33,34,35). The van der Waals surface area contributed by atoms with Crippen LogP contribution in [0.4, 0.5) is 20.3 Å². The summed E-state index contributed by atoms with van der Waals surface area (Å²) >= 11 is 3.10. The van der Waals surface area contributed by atoms with Crippen LogP contribution < -0.4 is 10.5 Å². The van der Waals surface area contributed by atoms with Gasteiger partial charge >= 0.3 is 0 Å². The Hall–Kier alpha value is -3.13. The van der Waals surface area contributed by atoms with Crippen LogP contribution in [-0.2, 0) is 10.0 Å². The fourth-order valence-electron chi connectivity index (χ4n) is 6.15. The number of nitrogen functional groups attached to an aromatic ring is 1.